The van der Waals surface area contributed by atoms with Gasteiger partial charge >= 0.3 is 0 Å². The molecule has 0 radical (unpaired) electrons. The van der Waals surface area contributed by atoms with E-state index in [4.69, 9.17) is 0 Å². The molecule has 1 heterocycles. The van der Waals surface area contributed by atoms with Crippen molar-refractivity contribution in [2.24, 2.45) is 0 Å². The lowest BCUT2D eigenvalue weighted by Gasteiger charge is -2.15. The second kappa shape index (κ2) is 16.3. The largest absolute Gasteiger partial charge is 0.135 e. The molecule has 0 fully saturated rings. The standard InChI is InChI=1S/C66H42S/c1-2-15-43(16-3-1)44-17-10-21-48(35-44)53-39-54(49-22-11-18-45(36-49)47-20-13-24-52(38-47)56-30-14-31-63-62-29-8-9-32-65(62)67-66(56)63)41-55(40-53)50-23-12-19-46(37-50)51-33-34-61-59-27-5-4-25-57(59)58-26-6-7-28-60(58)64(61)42-51/h1-42H. The molecule has 0 bridgehead atoms. The molecule has 0 aliphatic heterocycles. The molecule has 0 nitrogen and oxygen atoms in total. The van der Waals surface area contributed by atoms with Gasteiger partial charge in [-0.15, -0.1) is 11.3 Å². The summed E-state index contributed by atoms with van der Waals surface area (Å²) in [5.41, 5.74) is 16.8. The highest BCUT2D eigenvalue weighted by atomic mass is 32.1. The quantitative estimate of drug-likeness (QED) is 0.140. The van der Waals surface area contributed by atoms with Crippen molar-refractivity contribution in [1.29, 1.82) is 0 Å². The van der Waals surface area contributed by atoms with E-state index < -0.39 is 0 Å². The maximum absolute atomic E-state index is 2.39. The van der Waals surface area contributed by atoms with Gasteiger partial charge in [0, 0.05) is 20.2 Å². The first-order chi connectivity index (χ1) is 33.2. The number of fused-ring (bicyclic) bond motifs is 9. The molecule has 312 valence electrons. The van der Waals surface area contributed by atoms with Gasteiger partial charge in [-0.1, -0.05) is 200 Å². The van der Waals surface area contributed by atoms with Crippen LogP contribution in [0.25, 0.3) is 130 Å². The maximum atomic E-state index is 2.39. The van der Waals surface area contributed by atoms with Gasteiger partial charge in [0.1, 0.15) is 0 Å². The molecule has 0 spiro atoms. The summed E-state index contributed by atoms with van der Waals surface area (Å²) in [4.78, 5) is 0. The first-order valence-corrected chi connectivity index (χ1v) is 23.9. The van der Waals surface area contributed by atoms with Crippen molar-refractivity contribution in [1.82, 2.24) is 0 Å². The molecule has 0 aliphatic carbocycles. The van der Waals surface area contributed by atoms with Crippen molar-refractivity contribution in [3.05, 3.63) is 255 Å². The summed E-state index contributed by atoms with van der Waals surface area (Å²) in [6.45, 7) is 0. The number of hydrogen-bond donors (Lipinski definition) is 0. The smallest absolute Gasteiger partial charge is 0.0433 e. The van der Waals surface area contributed by atoms with Crippen molar-refractivity contribution in [3.8, 4) is 77.9 Å². The Bertz CT molecular complexity index is 4000. The van der Waals surface area contributed by atoms with Crippen LogP contribution in [-0.4, -0.2) is 0 Å². The molecule has 67 heavy (non-hydrogen) atoms. The van der Waals surface area contributed by atoms with Crippen LogP contribution in [0.5, 0.6) is 0 Å². The van der Waals surface area contributed by atoms with Crippen LogP contribution < -0.4 is 0 Å². The van der Waals surface area contributed by atoms with Crippen molar-refractivity contribution >= 4 is 63.8 Å². The van der Waals surface area contributed by atoms with Crippen molar-refractivity contribution in [3.63, 3.8) is 0 Å². The number of thiophene rings is 1. The third kappa shape index (κ3) is 7.00. The van der Waals surface area contributed by atoms with E-state index in [-0.39, 0.29) is 0 Å². The van der Waals surface area contributed by atoms with Gasteiger partial charge in [0.25, 0.3) is 0 Å². The molecule has 0 saturated heterocycles. The second-order valence-corrected chi connectivity index (χ2v) is 18.7. The summed E-state index contributed by atoms with van der Waals surface area (Å²) in [6.07, 6.45) is 0. The van der Waals surface area contributed by atoms with Gasteiger partial charge in [-0.05, 0) is 165 Å². The Morgan fingerprint density at radius 1 is 0.179 bits per heavy atom. The van der Waals surface area contributed by atoms with E-state index in [2.05, 4.69) is 255 Å². The Morgan fingerprint density at radius 2 is 0.522 bits per heavy atom. The molecule has 13 rings (SSSR count). The average molecular weight is 867 g/mol. The molecule has 0 amide bonds. The zero-order chi connectivity index (χ0) is 44.3. The van der Waals surface area contributed by atoms with Crippen molar-refractivity contribution in [2.45, 2.75) is 0 Å². The summed E-state index contributed by atoms with van der Waals surface area (Å²) in [7, 11) is 0. The molecule has 0 N–H and O–H groups in total. The van der Waals surface area contributed by atoms with Gasteiger partial charge < -0.3 is 0 Å². The summed E-state index contributed by atoms with van der Waals surface area (Å²) in [5, 5.41) is 10.4. The van der Waals surface area contributed by atoms with Crippen molar-refractivity contribution in [2.75, 3.05) is 0 Å². The van der Waals surface area contributed by atoms with E-state index in [1.54, 1.807) is 0 Å². The lowest BCUT2D eigenvalue weighted by molar-refractivity contribution is 1.55. The molecular formula is C66H42S. The van der Waals surface area contributed by atoms with E-state index >= 15 is 0 Å². The molecular weight excluding hydrogens is 825 g/mol. The highest BCUT2D eigenvalue weighted by Gasteiger charge is 2.15. The first kappa shape index (κ1) is 39.0. The minimum absolute atomic E-state index is 1.18. The van der Waals surface area contributed by atoms with Crippen LogP contribution in [0, 0.1) is 0 Å². The lowest BCUT2D eigenvalue weighted by Crippen LogP contribution is -1.89. The zero-order valence-electron chi connectivity index (χ0n) is 36.7. The van der Waals surface area contributed by atoms with E-state index in [1.165, 1.54) is 130 Å². The van der Waals surface area contributed by atoms with Crippen LogP contribution in [0.3, 0.4) is 0 Å². The van der Waals surface area contributed by atoms with E-state index in [0.29, 0.717) is 0 Å². The van der Waals surface area contributed by atoms with Crippen molar-refractivity contribution < 1.29 is 0 Å². The third-order valence-electron chi connectivity index (χ3n) is 13.6. The number of benzene rings is 12. The predicted molar refractivity (Wildman–Crippen MR) is 290 cm³/mol. The topological polar surface area (TPSA) is 0 Å². The highest BCUT2D eigenvalue weighted by molar-refractivity contribution is 7.26. The molecule has 1 heteroatoms. The van der Waals surface area contributed by atoms with Gasteiger partial charge in [0.05, 0.1) is 0 Å². The van der Waals surface area contributed by atoms with Gasteiger partial charge in [0.15, 0.2) is 0 Å². The molecule has 0 atom stereocenters. The molecule has 13 aromatic rings. The third-order valence-corrected chi connectivity index (χ3v) is 14.8. The van der Waals surface area contributed by atoms with Gasteiger partial charge in [-0.3, -0.25) is 0 Å². The highest BCUT2D eigenvalue weighted by Crippen LogP contribution is 2.43. The van der Waals surface area contributed by atoms with Gasteiger partial charge in [-0.25, -0.2) is 0 Å². The van der Waals surface area contributed by atoms with Crippen LogP contribution in [0.1, 0.15) is 0 Å². The summed E-state index contributed by atoms with van der Waals surface area (Å²) in [5.74, 6) is 0. The number of hydrogen-bond acceptors (Lipinski definition) is 1. The van der Waals surface area contributed by atoms with E-state index in [0.717, 1.165) is 0 Å². The summed E-state index contributed by atoms with van der Waals surface area (Å²) >= 11 is 1.88. The van der Waals surface area contributed by atoms with Crippen LogP contribution in [0.4, 0.5) is 0 Å². The fourth-order valence-electron chi connectivity index (χ4n) is 10.3. The fraction of sp³-hybridized carbons (Fsp3) is 0. The Kier molecular flexibility index (Phi) is 9.48. The van der Waals surface area contributed by atoms with Crippen LogP contribution >= 0.6 is 11.3 Å². The second-order valence-electron chi connectivity index (χ2n) is 17.6. The molecule has 0 saturated carbocycles. The monoisotopic (exact) mass is 866 g/mol. The molecule has 0 aliphatic rings. The number of rotatable bonds is 7. The van der Waals surface area contributed by atoms with Crippen LogP contribution in [0.2, 0.25) is 0 Å². The first-order valence-electron chi connectivity index (χ1n) is 23.1. The molecule has 12 aromatic carbocycles. The normalized spacial score (nSPS) is 11.6. The Hall–Kier alpha value is -8.36. The van der Waals surface area contributed by atoms with Gasteiger partial charge in [0.2, 0.25) is 0 Å². The fourth-order valence-corrected chi connectivity index (χ4v) is 11.6. The lowest BCUT2D eigenvalue weighted by atomic mass is 9.89. The minimum atomic E-state index is 1.18. The molecule has 0 unspecified atom stereocenters. The Balaban J connectivity index is 0.929. The Morgan fingerprint density at radius 3 is 1.07 bits per heavy atom. The van der Waals surface area contributed by atoms with Gasteiger partial charge in [-0.2, -0.15) is 0 Å². The zero-order valence-corrected chi connectivity index (χ0v) is 37.5. The van der Waals surface area contributed by atoms with E-state index in [9.17, 15) is 0 Å². The van der Waals surface area contributed by atoms with Crippen LogP contribution in [0.15, 0.2) is 255 Å². The summed E-state index contributed by atoms with van der Waals surface area (Å²) < 4.78 is 2.66. The minimum Gasteiger partial charge on any atom is -0.135 e. The SMILES string of the molecule is c1ccc(-c2cccc(-c3cc(-c4cccc(-c5cccc(-c6cccc7c6sc6ccccc67)c5)c4)cc(-c4cccc(-c5ccc6c7ccccc7c7ccccc7c6c5)c4)c3)c2)cc1. The predicted octanol–water partition coefficient (Wildman–Crippen LogP) is 19.2. The molecule has 1 aromatic heterocycles. The maximum Gasteiger partial charge on any atom is 0.0433 e. The Labute approximate surface area is 394 Å². The summed E-state index contributed by atoms with van der Waals surface area (Å²) in [6, 6.07) is 94.1. The average Bonchev–Trinajstić information content (AvgIpc) is 3.80. The van der Waals surface area contributed by atoms with Crippen LogP contribution in [-0.2, 0) is 0 Å². The van der Waals surface area contributed by atoms with E-state index in [1.807, 2.05) is 11.3 Å².